The first-order valence-corrected chi connectivity index (χ1v) is 9.28. The number of ether oxygens (including phenoxy) is 4. The maximum absolute atomic E-state index is 13.1. The topological polar surface area (TPSA) is 84.2 Å². The van der Waals surface area contributed by atoms with Gasteiger partial charge in [-0.25, -0.2) is 4.79 Å². The van der Waals surface area contributed by atoms with Crippen molar-refractivity contribution in [3.8, 4) is 28.4 Å². The van der Waals surface area contributed by atoms with Crippen LogP contribution in [0.15, 0.2) is 45.8 Å². The van der Waals surface area contributed by atoms with Crippen LogP contribution in [0.25, 0.3) is 22.1 Å². The summed E-state index contributed by atoms with van der Waals surface area (Å²) in [5.41, 5.74) is 2.15. The maximum atomic E-state index is 13.1. The van der Waals surface area contributed by atoms with E-state index in [9.17, 15) is 9.59 Å². The summed E-state index contributed by atoms with van der Waals surface area (Å²) in [6.07, 6.45) is 2.05. The van der Waals surface area contributed by atoms with Crippen LogP contribution in [0.4, 0.5) is 0 Å². The van der Waals surface area contributed by atoms with Gasteiger partial charge in [-0.1, -0.05) is 13.0 Å². The van der Waals surface area contributed by atoms with Gasteiger partial charge in [-0.15, -0.1) is 0 Å². The zero-order chi connectivity index (χ0) is 20.4. The van der Waals surface area contributed by atoms with Crippen molar-refractivity contribution in [2.75, 3.05) is 26.9 Å². The van der Waals surface area contributed by atoms with Crippen LogP contribution in [0.3, 0.4) is 0 Å². The van der Waals surface area contributed by atoms with E-state index in [1.807, 2.05) is 6.92 Å². The summed E-state index contributed by atoms with van der Waals surface area (Å²) in [6, 6.07) is 8.75. The molecule has 2 heterocycles. The summed E-state index contributed by atoms with van der Waals surface area (Å²) in [7, 11) is 1.30. The van der Waals surface area contributed by atoms with Gasteiger partial charge in [0.15, 0.2) is 18.1 Å². The molecule has 1 aliphatic rings. The van der Waals surface area contributed by atoms with Crippen LogP contribution in [0.5, 0.6) is 17.2 Å². The fourth-order valence-electron chi connectivity index (χ4n) is 3.22. The average Bonchev–Trinajstić information content (AvgIpc) is 2.76. The maximum Gasteiger partial charge on any atom is 0.343 e. The number of esters is 1. The largest absolute Gasteiger partial charge is 0.486 e. The van der Waals surface area contributed by atoms with Crippen LogP contribution < -0.4 is 19.6 Å². The first-order chi connectivity index (χ1) is 14.1. The molecule has 0 saturated heterocycles. The number of methoxy groups -OCH3 is 1. The highest BCUT2D eigenvalue weighted by atomic mass is 16.6. The molecule has 0 amide bonds. The van der Waals surface area contributed by atoms with Gasteiger partial charge in [-0.05, 0) is 35.7 Å². The minimum absolute atomic E-state index is 0.155. The molecule has 1 aliphatic heterocycles. The van der Waals surface area contributed by atoms with Crippen molar-refractivity contribution >= 4 is 16.9 Å². The molecule has 0 radical (unpaired) electrons. The predicted octanol–water partition coefficient (Wildman–Crippen LogP) is 3.35. The van der Waals surface area contributed by atoms with Gasteiger partial charge >= 0.3 is 5.97 Å². The third-order valence-corrected chi connectivity index (χ3v) is 4.76. The van der Waals surface area contributed by atoms with E-state index in [0.29, 0.717) is 59.0 Å². The van der Waals surface area contributed by atoms with Crippen molar-refractivity contribution in [2.45, 2.75) is 13.3 Å². The second-order valence-electron chi connectivity index (χ2n) is 6.51. The second kappa shape index (κ2) is 7.87. The van der Waals surface area contributed by atoms with Crippen LogP contribution in [0.1, 0.15) is 12.5 Å². The fourth-order valence-corrected chi connectivity index (χ4v) is 3.22. The number of rotatable bonds is 5. The van der Waals surface area contributed by atoms with Crippen LogP contribution in [0.2, 0.25) is 0 Å². The van der Waals surface area contributed by atoms with Crippen LogP contribution in [0, 0.1) is 0 Å². The second-order valence-corrected chi connectivity index (χ2v) is 6.51. The summed E-state index contributed by atoms with van der Waals surface area (Å²) in [5, 5.41) is 0.444. The molecule has 0 atom stereocenters. The monoisotopic (exact) mass is 396 g/mol. The molecule has 0 bridgehead atoms. The van der Waals surface area contributed by atoms with Gasteiger partial charge in [0.2, 0.25) is 5.43 Å². The Kier molecular flexibility index (Phi) is 5.12. The normalized spacial score (nSPS) is 12.6. The van der Waals surface area contributed by atoms with Gasteiger partial charge < -0.3 is 23.4 Å². The molecule has 29 heavy (non-hydrogen) atoms. The van der Waals surface area contributed by atoms with Gasteiger partial charge in [-0.2, -0.15) is 0 Å². The van der Waals surface area contributed by atoms with E-state index < -0.39 is 5.97 Å². The lowest BCUT2D eigenvalue weighted by Gasteiger charge is -2.18. The summed E-state index contributed by atoms with van der Waals surface area (Å²) in [5.74, 6) is 1.27. The highest BCUT2D eigenvalue weighted by Gasteiger charge is 2.17. The smallest absolute Gasteiger partial charge is 0.343 e. The Bertz CT molecular complexity index is 1130. The van der Waals surface area contributed by atoms with Gasteiger partial charge in [-0.3, -0.25) is 4.79 Å². The molecule has 2 aromatic carbocycles. The van der Waals surface area contributed by atoms with Crippen molar-refractivity contribution < 1.29 is 28.2 Å². The highest BCUT2D eigenvalue weighted by Crippen LogP contribution is 2.34. The minimum Gasteiger partial charge on any atom is -0.486 e. The van der Waals surface area contributed by atoms with Crippen LogP contribution >= 0.6 is 0 Å². The number of carbonyl (C=O) groups is 1. The number of carbonyl (C=O) groups excluding carboxylic acids is 1. The zero-order valence-corrected chi connectivity index (χ0v) is 16.2. The lowest BCUT2D eigenvalue weighted by Crippen LogP contribution is -2.15. The fraction of sp³-hybridized carbons (Fsp3) is 0.273. The number of aryl methyl sites for hydroxylation is 1. The molecule has 4 rings (SSSR count). The Labute approximate surface area is 166 Å². The molecule has 0 spiro atoms. The Morgan fingerprint density at radius 2 is 1.90 bits per heavy atom. The van der Waals surface area contributed by atoms with E-state index in [2.05, 4.69) is 4.74 Å². The first kappa shape index (κ1) is 18.9. The van der Waals surface area contributed by atoms with E-state index in [-0.39, 0.29) is 12.0 Å². The van der Waals surface area contributed by atoms with E-state index >= 15 is 0 Å². The quantitative estimate of drug-likeness (QED) is 0.612. The minimum atomic E-state index is -0.484. The van der Waals surface area contributed by atoms with Crippen molar-refractivity contribution in [3.05, 3.63) is 52.4 Å². The first-order valence-electron chi connectivity index (χ1n) is 9.28. The molecule has 7 heteroatoms. The van der Waals surface area contributed by atoms with Crippen LogP contribution in [-0.4, -0.2) is 32.9 Å². The lowest BCUT2D eigenvalue weighted by atomic mass is 10.0. The summed E-state index contributed by atoms with van der Waals surface area (Å²) in [4.78, 5) is 24.5. The Hall–Kier alpha value is -3.48. The van der Waals surface area contributed by atoms with E-state index in [0.717, 1.165) is 5.56 Å². The molecule has 150 valence electrons. The van der Waals surface area contributed by atoms with E-state index in [1.165, 1.54) is 13.4 Å². The van der Waals surface area contributed by atoms with Crippen molar-refractivity contribution in [1.29, 1.82) is 0 Å². The molecule has 0 unspecified atom stereocenters. The average molecular weight is 396 g/mol. The van der Waals surface area contributed by atoms with Gasteiger partial charge in [0.05, 0.1) is 18.1 Å². The number of benzene rings is 2. The molecule has 0 N–H and O–H groups in total. The third kappa shape index (κ3) is 3.63. The SMILES string of the molecule is CCc1cc2c(=O)c(-c3ccc4c(c3)OCCO4)coc2cc1OCC(=O)OC. The van der Waals surface area contributed by atoms with Gasteiger partial charge in [0, 0.05) is 6.07 Å². The molecule has 0 aliphatic carbocycles. The molecular weight excluding hydrogens is 376 g/mol. The van der Waals surface area contributed by atoms with Gasteiger partial charge in [0.1, 0.15) is 30.8 Å². The Balaban J connectivity index is 1.75. The van der Waals surface area contributed by atoms with Crippen LogP contribution in [-0.2, 0) is 16.0 Å². The summed E-state index contributed by atoms with van der Waals surface area (Å²) >= 11 is 0. The van der Waals surface area contributed by atoms with Crippen molar-refractivity contribution in [3.63, 3.8) is 0 Å². The number of hydrogen-bond donors (Lipinski definition) is 0. The van der Waals surface area contributed by atoms with Gasteiger partial charge in [0.25, 0.3) is 0 Å². The third-order valence-electron chi connectivity index (χ3n) is 4.76. The number of hydrogen-bond acceptors (Lipinski definition) is 7. The van der Waals surface area contributed by atoms with Crippen molar-refractivity contribution in [1.82, 2.24) is 0 Å². The standard InChI is InChI=1S/C22H20O7/c1-3-13-8-15-19(10-18(13)29-12-21(23)25-2)28-11-16(22(15)24)14-4-5-17-20(9-14)27-7-6-26-17/h4-5,8-11H,3,6-7,12H2,1-2H3. The van der Waals surface area contributed by atoms with Crippen molar-refractivity contribution in [2.24, 2.45) is 0 Å². The molecule has 1 aromatic heterocycles. The molecule has 0 fully saturated rings. The molecule has 7 nitrogen and oxygen atoms in total. The summed E-state index contributed by atoms with van der Waals surface area (Å²) in [6.45, 7) is 2.70. The van der Waals surface area contributed by atoms with E-state index in [4.69, 9.17) is 18.6 Å². The Morgan fingerprint density at radius 3 is 2.66 bits per heavy atom. The molecule has 3 aromatic rings. The summed E-state index contributed by atoms with van der Waals surface area (Å²) < 4.78 is 27.0. The lowest BCUT2D eigenvalue weighted by molar-refractivity contribution is -0.142. The van der Waals surface area contributed by atoms with E-state index in [1.54, 1.807) is 30.3 Å². The molecule has 0 saturated carbocycles. The molecular formula is C22H20O7. The number of fused-ring (bicyclic) bond motifs is 2. The zero-order valence-electron chi connectivity index (χ0n) is 16.2. The highest BCUT2D eigenvalue weighted by molar-refractivity contribution is 5.84. The Morgan fingerprint density at radius 1 is 1.10 bits per heavy atom. The predicted molar refractivity (Wildman–Crippen MR) is 106 cm³/mol.